The third-order valence-electron chi connectivity index (χ3n) is 2.63. The number of nitro benzene ring substituents is 1. The molecule has 0 unspecified atom stereocenters. The number of fused-ring (bicyclic) bond motifs is 1. The fraction of sp³-hybridized carbons (Fsp3) is 0. The second-order valence-corrected chi connectivity index (χ2v) is 3.82. The highest BCUT2D eigenvalue weighted by Gasteiger charge is 2.10. The van der Waals surface area contributed by atoms with E-state index in [2.05, 4.69) is 15.1 Å². The van der Waals surface area contributed by atoms with Gasteiger partial charge in [-0.15, -0.1) is 5.10 Å². The van der Waals surface area contributed by atoms with E-state index in [1.54, 1.807) is 24.4 Å². The number of non-ortho nitro benzene ring substituents is 1. The molecule has 2 N–H and O–H groups in total. The van der Waals surface area contributed by atoms with Gasteiger partial charge >= 0.3 is 0 Å². The summed E-state index contributed by atoms with van der Waals surface area (Å²) in [4.78, 5) is 18.2. The highest BCUT2D eigenvalue weighted by Crippen LogP contribution is 2.22. The summed E-state index contributed by atoms with van der Waals surface area (Å²) in [6.45, 7) is 0. The molecule has 2 aromatic heterocycles. The summed E-state index contributed by atoms with van der Waals surface area (Å²) in [5.41, 5.74) is 7.04. The Balaban J connectivity index is 2.15. The zero-order chi connectivity index (χ0) is 13.4. The maximum atomic E-state index is 10.6. The van der Waals surface area contributed by atoms with Gasteiger partial charge in [0.15, 0.2) is 0 Å². The Bertz CT molecular complexity index is 764. The van der Waals surface area contributed by atoms with Crippen molar-refractivity contribution in [2.24, 2.45) is 0 Å². The van der Waals surface area contributed by atoms with Gasteiger partial charge in [-0.25, -0.2) is 4.98 Å². The molecule has 0 saturated heterocycles. The minimum Gasteiger partial charge on any atom is -0.366 e. The first kappa shape index (κ1) is 11.1. The van der Waals surface area contributed by atoms with E-state index in [1.165, 1.54) is 16.6 Å². The zero-order valence-electron chi connectivity index (χ0n) is 9.59. The summed E-state index contributed by atoms with van der Waals surface area (Å²) in [5, 5.41) is 14.6. The summed E-state index contributed by atoms with van der Waals surface area (Å²) in [7, 11) is 0. The standard InChI is InChI=1S/C11H8N6O2/c12-10-14-11-13-6-5-9(16(11)15-10)7-1-3-8(4-2-7)17(18)19/h1-6H,(H2,12,15). The molecule has 19 heavy (non-hydrogen) atoms. The van der Waals surface area contributed by atoms with Gasteiger partial charge in [0, 0.05) is 23.9 Å². The van der Waals surface area contributed by atoms with E-state index in [4.69, 9.17) is 5.73 Å². The fourth-order valence-electron chi connectivity index (χ4n) is 1.78. The van der Waals surface area contributed by atoms with E-state index in [-0.39, 0.29) is 11.6 Å². The Morgan fingerprint density at radius 3 is 2.63 bits per heavy atom. The van der Waals surface area contributed by atoms with Gasteiger partial charge in [0.05, 0.1) is 10.6 Å². The number of nitrogen functional groups attached to an aromatic ring is 1. The van der Waals surface area contributed by atoms with Crippen molar-refractivity contribution < 1.29 is 4.92 Å². The van der Waals surface area contributed by atoms with Gasteiger partial charge < -0.3 is 5.73 Å². The van der Waals surface area contributed by atoms with Crippen LogP contribution in [-0.4, -0.2) is 24.5 Å². The first-order valence-corrected chi connectivity index (χ1v) is 5.37. The summed E-state index contributed by atoms with van der Waals surface area (Å²) < 4.78 is 1.50. The van der Waals surface area contributed by atoms with Crippen LogP contribution < -0.4 is 5.73 Å². The molecule has 0 aliphatic carbocycles. The molecular weight excluding hydrogens is 248 g/mol. The minimum atomic E-state index is -0.445. The van der Waals surface area contributed by atoms with Gasteiger partial charge in [0.1, 0.15) is 0 Å². The molecule has 0 saturated carbocycles. The lowest BCUT2D eigenvalue weighted by Gasteiger charge is -2.02. The fourth-order valence-corrected chi connectivity index (χ4v) is 1.78. The average Bonchev–Trinajstić information content (AvgIpc) is 2.78. The Morgan fingerprint density at radius 1 is 1.21 bits per heavy atom. The number of anilines is 1. The summed E-state index contributed by atoms with van der Waals surface area (Å²) >= 11 is 0. The van der Waals surface area contributed by atoms with Crippen molar-refractivity contribution in [2.45, 2.75) is 0 Å². The Labute approximate surface area is 106 Å². The molecule has 0 amide bonds. The zero-order valence-corrected chi connectivity index (χ0v) is 9.59. The number of hydrogen-bond donors (Lipinski definition) is 1. The third kappa shape index (κ3) is 1.84. The Morgan fingerprint density at radius 2 is 1.95 bits per heavy atom. The van der Waals surface area contributed by atoms with Gasteiger partial charge in [-0.3, -0.25) is 10.1 Å². The van der Waals surface area contributed by atoms with Crippen molar-refractivity contribution in [1.82, 2.24) is 19.6 Å². The van der Waals surface area contributed by atoms with Crippen LogP contribution in [0.5, 0.6) is 0 Å². The third-order valence-corrected chi connectivity index (χ3v) is 2.63. The normalized spacial score (nSPS) is 10.7. The predicted octanol–water partition coefficient (Wildman–Crippen LogP) is 1.28. The van der Waals surface area contributed by atoms with Crippen molar-refractivity contribution >= 4 is 17.4 Å². The van der Waals surface area contributed by atoms with Crippen molar-refractivity contribution in [1.29, 1.82) is 0 Å². The highest BCUT2D eigenvalue weighted by atomic mass is 16.6. The molecule has 3 rings (SSSR count). The van der Waals surface area contributed by atoms with Crippen LogP contribution in [0, 0.1) is 10.1 Å². The van der Waals surface area contributed by atoms with Crippen LogP contribution in [-0.2, 0) is 0 Å². The molecular formula is C11H8N6O2. The van der Waals surface area contributed by atoms with E-state index in [0.29, 0.717) is 11.5 Å². The predicted molar refractivity (Wildman–Crippen MR) is 67.3 cm³/mol. The molecule has 0 fully saturated rings. The lowest BCUT2D eigenvalue weighted by atomic mass is 10.1. The van der Waals surface area contributed by atoms with Gasteiger partial charge in [-0.1, -0.05) is 0 Å². The maximum Gasteiger partial charge on any atom is 0.269 e. The SMILES string of the molecule is Nc1nc2nccc(-c3ccc([N+](=O)[O-])cc3)n2n1. The van der Waals surface area contributed by atoms with Crippen LogP contribution in [0.2, 0.25) is 0 Å². The van der Waals surface area contributed by atoms with E-state index >= 15 is 0 Å². The van der Waals surface area contributed by atoms with Gasteiger partial charge in [0.2, 0.25) is 5.95 Å². The van der Waals surface area contributed by atoms with Crippen LogP contribution in [0.15, 0.2) is 36.5 Å². The summed E-state index contributed by atoms with van der Waals surface area (Å²) in [6, 6.07) is 7.89. The number of aromatic nitrogens is 4. The number of nitro groups is 1. The van der Waals surface area contributed by atoms with Crippen LogP contribution in [0.1, 0.15) is 0 Å². The van der Waals surface area contributed by atoms with Crippen molar-refractivity contribution in [3.05, 3.63) is 46.6 Å². The summed E-state index contributed by atoms with van der Waals surface area (Å²) in [5.74, 6) is 0.509. The van der Waals surface area contributed by atoms with E-state index < -0.39 is 4.92 Å². The molecule has 1 aromatic carbocycles. The van der Waals surface area contributed by atoms with E-state index in [0.717, 1.165) is 5.56 Å². The van der Waals surface area contributed by atoms with Crippen LogP contribution in [0.4, 0.5) is 11.6 Å². The lowest BCUT2D eigenvalue weighted by Crippen LogP contribution is -1.96. The van der Waals surface area contributed by atoms with Crippen molar-refractivity contribution in [3.63, 3.8) is 0 Å². The first-order chi connectivity index (χ1) is 9.15. The topological polar surface area (TPSA) is 112 Å². The molecule has 0 bridgehead atoms. The molecule has 8 nitrogen and oxygen atoms in total. The lowest BCUT2D eigenvalue weighted by molar-refractivity contribution is -0.384. The second kappa shape index (κ2) is 4.02. The molecule has 0 radical (unpaired) electrons. The number of nitrogens with zero attached hydrogens (tertiary/aromatic N) is 5. The highest BCUT2D eigenvalue weighted by molar-refractivity contribution is 5.63. The molecule has 0 spiro atoms. The largest absolute Gasteiger partial charge is 0.366 e. The number of nitrogens with two attached hydrogens (primary N) is 1. The number of rotatable bonds is 2. The van der Waals surface area contributed by atoms with Crippen molar-refractivity contribution in [3.8, 4) is 11.3 Å². The monoisotopic (exact) mass is 256 g/mol. The summed E-state index contributed by atoms with van der Waals surface area (Å²) in [6.07, 6.45) is 1.58. The van der Waals surface area contributed by atoms with Gasteiger partial charge in [0.25, 0.3) is 11.5 Å². The van der Waals surface area contributed by atoms with Crippen molar-refractivity contribution in [2.75, 3.05) is 5.73 Å². The molecule has 2 heterocycles. The molecule has 0 atom stereocenters. The second-order valence-electron chi connectivity index (χ2n) is 3.82. The van der Waals surface area contributed by atoms with Gasteiger partial charge in [-0.05, 0) is 18.2 Å². The van der Waals surface area contributed by atoms with Crippen LogP contribution >= 0.6 is 0 Å². The molecule has 0 aliphatic rings. The molecule has 94 valence electrons. The first-order valence-electron chi connectivity index (χ1n) is 5.37. The average molecular weight is 256 g/mol. The van der Waals surface area contributed by atoms with Gasteiger partial charge in [-0.2, -0.15) is 9.50 Å². The Hall–Kier alpha value is -3.03. The van der Waals surface area contributed by atoms with Crippen LogP contribution in [0.25, 0.3) is 17.0 Å². The quantitative estimate of drug-likeness (QED) is 0.546. The minimum absolute atomic E-state index is 0.0344. The number of hydrogen-bond acceptors (Lipinski definition) is 6. The molecule has 8 heteroatoms. The smallest absolute Gasteiger partial charge is 0.269 e. The maximum absolute atomic E-state index is 10.6. The number of benzene rings is 1. The van der Waals surface area contributed by atoms with E-state index in [9.17, 15) is 10.1 Å². The Kier molecular flexibility index (Phi) is 2.34. The van der Waals surface area contributed by atoms with Crippen LogP contribution in [0.3, 0.4) is 0 Å². The molecule has 0 aliphatic heterocycles. The molecule has 3 aromatic rings. The van der Waals surface area contributed by atoms with E-state index in [1.807, 2.05) is 0 Å².